The van der Waals surface area contributed by atoms with Crippen molar-refractivity contribution in [3.05, 3.63) is 29.3 Å². The maximum atomic E-state index is 11.5. The number of hydrogen-bond acceptors (Lipinski definition) is 3. The van der Waals surface area contributed by atoms with E-state index in [0.717, 1.165) is 11.3 Å². The maximum Gasteiger partial charge on any atom is 0.338 e. The van der Waals surface area contributed by atoms with Crippen LogP contribution < -0.4 is 11.1 Å². The van der Waals surface area contributed by atoms with Crippen LogP contribution in [0, 0.1) is 6.92 Å². The summed E-state index contributed by atoms with van der Waals surface area (Å²) in [6.07, 6.45) is 0. The highest BCUT2D eigenvalue weighted by Gasteiger charge is 2.09. The monoisotopic (exact) mass is 238 g/mol. The molecule has 0 atom stereocenters. The lowest BCUT2D eigenvalue weighted by atomic mass is 10.1. The fraction of sp³-hybridized carbons (Fsp3) is 0.273. The number of benzene rings is 1. The molecule has 1 rings (SSSR count). The molecule has 0 radical (unpaired) electrons. The Bertz CT molecular complexity index is 418. The van der Waals surface area contributed by atoms with Crippen LogP contribution in [-0.2, 0) is 4.74 Å². The molecule has 0 unspecified atom stereocenters. The highest BCUT2D eigenvalue weighted by Crippen LogP contribution is 2.15. The van der Waals surface area contributed by atoms with Gasteiger partial charge in [-0.2, -0.15) is 0 Å². The third-order valence-corrected chi connectivity index (χ3v) is 2.09. The molecule has 1 aromatic carbocycles. The zero-order valence-corrected chi connectivity index (χ0v) is 10.1. The molecule has 0 heterocycles. The summed E-state index contributed by atoms with van der Waals surface area (Å²) in [6.45, 7) is 3.97. The molecule has 86 valence electrons. The second-order valence-corrected chi connectivity index (χ2v) is 3.68. The van der Waals surface area contributed by atoms with Gasteiger partial charge < -0.3 is 15.8 Å². The Hall–Kier alpha value is -1.62. The van der Waals surface area contributed by atoms with Crippen LogP contribution in [0.1, 0.15) is 22.8 Å². The van der Waals surface area contributed by atoms with E-state index in [0.29, 0.717) is 12.2 Å². The van der Waals surface area contributed by atoms with Crippen molar-refractivity contribution in [2.75, 3.05) is 11.9 Å². The molecule has 4 nitrogen and oxygen atoms in total. The van der Waals surface area contributed by atoms with E-state index in [1.54, 1.807) is 25.1 Å². The van der Waals surface area contributed by atoms with Crippen molar-refractivity contribution >= 4 is 29.0 Å². The lowest BCUT2D eigenvalue weighted by molar-refractivity contribution is 0.0525. The number of thiocarbonyl (C=S) groups is 1. The number of aryl methyl sites for hydroxylation is 1. The number of carbonyl (C=O) groups excluding carboxylic acids is 1. The van der Waals surface area contributed by atoms with Crippen molar-refractivity contribution in [3.8, 4) is 0 Å². The minimum absolute atomic E-state index is 0.197. The van der Waals surface area contributed by atoms with Crippen molar-refractivity contribution in [2.45, 2.75) is 13.8 Å². The first-order valence-corrected chi connectivity index (χ1v) is 5.29. The van der Waals surface area contributed by atoms with Gasteiger partial charge in [-0.3, -0.25) is 0 Å². The Kier molecular flexibility index (Phi) is 4.25. The van der Waals surface area contributed by atoms with E-state index in [-0.39, 0.29) is 11.1 Å². The summed E-state index contributed by atoms with van der Waals surface area (Å²) in [5.74, 6) is -0.318. The first kappa shape index (κ1) is 12.4. The van der Waals surface area contributed by atoms with Crippen molar-refractivity contribution in [2.24, 2.45) is 5.73 Å². The van der Waals surface area contributed by atoms with Crippen molar-refractivity contribution in [1.29, 1.82) is 0 Å². The number of nitrogens with two attached hydrogens (primary N) is 1. The first-order chi connectivity index (χ1) is 7.54. The van der Waals surface area contributed by atoms with Crippen LogP contribution in [-0.4, -0.2) is 17.7 Å². The maximum absolute atomic E-state index is 11.5. The standard InChI is InChI=1S/C11H14N2O2S/c1-3-15-10(14)9-5-4-8(6-7(9)2)13-11(12)16/h4-6H,3H2,1-2H3,(H3,12,13,16). The minimum atomic E-state index is -0.318. The van der Waals surface area contributed by atoms with E-state index in [2.05, 4.69) is 5.32 Å². The molecule has 16 heavy (non-hydrogen) atoms. The molecule has 0 aliphatic carbocycles. The zero-order valence-electron chi connectivity index (χ0n) is 9.24. The fourth-order valence-corrected chi connectivity index (χ4v) is 1.44. The number of anilines is 1. The van der Waals surface area contributed by atoms with Gasteiger partial charge in [0, 0.05) is 5.69 Å². The molecule has 0 aromatic heterocycles. The number of rotatable bonds is 3. The number of esters is 1. The molecule has 0 spiro atoms. The van der Waals surface area contributed by atoms with E-state index in [9.17, 15) is 4.79 Å². The first-order valence-electron chi connectivity index (χ1n) is 4.88. The number of nitrogens with one attached hydrogen (secondary N) is 1. The molecule has 0 aliphatic rings. The summed E-state index contributed by atoms with van der Waals surface area (Å²) in [5.41, 5.74) is 7.48. The topological polar surface area (TPSA) is 64.3 Å². The van der Waals surface area contributed by atoms with Crippen molar-refractivity contribution in [1.82, 2.24) is 0 Å². The summed E-state index contributed by atoms with van der Waals surface area (Å²) >= 11 is 4.72. The molecule has 0 aliphatic heterocycles. The Balaban J connectivity index is 2.91. The van der Waals surface area contributed by atoms with Crippen LogP contribution in [0.25, 0.3) is 0 Å². The van der Waals surface area contributed by atoms with Gasteiger partial charge in [-0.1, -0.05) is 0 Å². The third kappa shape index (κ3) is 3.20. The normalized spacial score (nSPS) is 9.62. The molecule has 0 bridgehead atoms. The van der Waals surface area contributed by atoms with Gasteiger partial charge in [-0.25, -0.2) is 4.79 Å². The lowest BCUT2D eigenvalue weighted by Crippen LogP contribution is -2.19. The van der Waals surface area contributed by atoms with Gasteiger partial charge in [0.1, 0.15) is 0 Å². The van der Waals surface area contributed by atoms with Gasteiger partial charge in [0.2, 0.25) is 0 Å². The molecular formula is C11H14N2O2S. The van der Waals surface area contributed by atoms with E-state index in [1.165, 1.54) is 0 Å². The highest BCUT2D eigenvalue weighted by atomic mass is 32.1. The largest absolute Gasteiger partial charge is 0.462 e. The van der Waals surface area contributed by atoms with Crippen LogP contribution in [0.2, 0.25) is 0 Å². The fourth-order valence-electron chi connectivity index (χ4n) is 1.32. The van der Waals surface area contributed by atoms with Crippen molar-refractivity contribution in [3.63, 3.8) is 0 Å². The van der Waals surface area contributed by atoms with Gasteiger partial charge in [-0.05, 0) is 49.8 Å². The minimum Gasteiger partial charge on any atom is -0.462 e. The van der Waals surface area contributed by atoms with Crippen LogP contribution in [0.3, 0.4) is 0 Å². The average Bonchev–Trinajstić information content (AvgIpc) is 2.16. The molecule has 5 heteroatoms. The van der Waals surface area contributed by atoms with Gasteiger partial charge in [-0.15, -0.1) is 0 Å². The van der Waals surface area contributed by atoms with Gasteiger partial charge >= 0.3 is 5.97 Å². The van der Waals surface area contributed by atoms with Gasteiger partial charge in [0.05, 0.1) is 12.2 Å². The predicted molar refractivity (Wildman–Crippen MR) is 67.5 cm³/mol. The molecule has 0 saturated carbocycles. The third-order valence-electron chi connectivity index (χ3n) is 1.99. The number of carbonyl (C=O) groups is 1. The van der Waals surface area contributed by atoms with Crippen molar-refractivity contribution < 1.29 is 9.53 Å². The quantitative estimate of drug-likeness (QED) is 0.621. The predicted octanol–water partition coefficient (Wildman–Crippen LogP) is 1.83. The second kappa shape index (κ2) is 5.46. The molecule has 3 N–H and O–H groups in total. The van der Waals surface area contributed by atoms with E-state index in [1.807, 2.05) is 6.92 Å². The summed E-state index contributed by atoms with van der Waals surface area (Å²) in [6, 6.07) is 5.22. The number of hydrogen-bond donors (Lipinski definition) is 2. The molecule has 1 aromatic rings. The summed E-state index contributed by atoms with van der Waals surface area (Å²) in [4.78, 5) is 11.5. The van der Waals surface area contributed by atoms with Gasteiger partial charge in [0.25, 0.3) is 0 Å². The summed E-state index contributed by atoms with van der Waals surface area (Å²) < 4.78 is 4.92. The van der Waals surface area contributed by atoms with Crippen LogP contribution in [0.4, 0.5) is 5.69 Å². The van der Waals surface area contributed by atoms with E-state index in [4.69, 9.17) is 22.7 Å². The lowest BCUT2D eigenvalue weighted by Gasteiger charge is -2.08. The number of ether oxygens (including phenoxy) is 1. The summed E-state index contributed by atoms with van der Waals surface area (Å²) in [5, 5.41) is 3.00. The highest BCUT2D eigenvalue weighted by molar-refractivity contribution is 7.80. The van der Waals surface area contributed by atoms with Crippen LogP contribution in [0.15, 0.2) is 18.2 Å². The molecule has 0 fully saturated rings. The average molecular weight is 238 g/mol. The second-order valence-electron chi connectivity index (χ2n) is 3.24. The molecule has 0 saturated heterocycles. The molecular weight excluding hydrogens is 224 g/mol. The van der Waals surface area contributed by atoms with Gasteiger partial charge in [0.15, 0.2) is 5.11 Å². The Labute approximate surface area is 99.8 Å². The zero-order chi connectivity index (χ0) is 12.1. The van der Waals surface area contributed by atoms with E-state index >= 15 is 0 Å². The smallest absolute Gasteiger partial charge is 0.338 e. The van der Waals surface area contributed by atoms with Crippen LogP contribution in [0.5, 0.6) is 0 Å². The Morgan fingerprint density at radius 3 is 2.75 bits per heavy atom. The SMILES string of the molecule is CCOC(=O)c1ccc(NC(N)=S)cc1C. The molecule has 0 amide bonds. The van der Waals surface area contributed by atoms with E-state index < -0.39 is 0 Å². The Morgan fingerprint density at radius 2 is 2.25 bits per heavy atom. The Morgan fingerprint density at radius 1 is 1.56 bits per heavy atom. The summed E-state index contributed by atoms with van der Waals surface area (Å²) in [7, 11) is 0. The van der Waals surface area contributed by atoms with Crippen LogP contribution >= 0.6 is 12.2 Å².